The van der Waals surface area contributed by atoms with Gasteiger partial charge in [0.25, 0.3) is 0 Å². The number of ether oxygens (including phenoxy) is 1. The Morgan fingerprint density at radius 3 is 2.27 bits per heavy atom. The highest BCUT2D eigenvalue weighted by atomic mass is 35.5. The van der Waals surface area contributed by atoms with Crippen molar-refractivity contribution in [2.75, 3.05) is 0 Å². The summed E-state index contributed by atoms with van der Waals surface area (Å²) in [5, 5.41) is 7.03. The van der Waals surface area contributed by atoms with Crippen LogP contribution in [0.3, 0.4) is 0 Å². The number of hydrogen-bond acceptors (Lipinski definition) is 4. The fourth-order valence-corrected chi connectivity index (χ4v) is 2.60. The molecule has 0 fully saturated rings. The van der Waals surface area contributed by atoms with E-state index >= 15 is 0 Å². The van der Waals surface area contributed by atoms with Crippen LogP contribution in [0.4, 0.5) is 0 Å². The van der Waals surface area contributed by atoms with Crippen LogP contribution in [0.15, 0.2) is 84.0 Å². The number of carbonyl (C=O) groups is 2. The molecule has 0 radical (unpaired) electrons. The van der Waals surface area contributed by atoms with Gasteiger partial charge in [-0.25, -0.2) is 5.43 Å². The molecule has 0 aliphatic heterocycles. The van der Waals surface area contributed by atoms with Crippen molar-refractivity contribution in [2.45, 2.75) is 13.2 Å². The number of rotatable bonds is 7. The first kappa shape index (κ1) is 21.1. The van der Waals surface area contributed by atoms with Gasteiger partial charge in [0.05, 0.1) is 6.21 Å². The second-order valence-electron chi connectivity index (χ2n) is 6.35. The normalized spacial score (nSPS) is 10.6. The number of amides is 2. The molecule has 3 aromatic rings. The molecule has 0 saturated carbocycles. The van der Waals surface area contributed by atoms with Gasteiger partial charge < -0.3 is 10.1 Å². The molecule has 0 aromatic heterocycles. The van der Waals surface area contributed by atoms with Crippen molar-refractivity contribution in [3.05, 3.63) is 101 Å². The molecule has 3 aromatic carbocycles. The largest absolute Gasteiger partial charge is 0.489 e. The summed E-state index contributed by atoms with van der Waals surface area (Å²) in [6, 6.07) is 23.9. The number of hydrogen-bond donors (Lipinski definition) is 2. The molecule has 152 valence electrons. The quantitative estimate of drug-likeness (QED) is 0.347. The van der Waals surface area contributed by atoms with Gasteiger partial charge in [0, 0.05) is 11.6 Å². The van der Waals surface area contributed by atoms with Gasteiger partial charge in [-0.05, 0) is 53.1 Å². The molecular formula is C23H20ClN3O3. The van der Waals surface area contributed by atoms with Crippen molar-refractivity contribution < 1.29 is 14.3 Å². The molecular weight excluding hydrogens is 402 g/mol. The summed E-state index contributed by atoms with van der Waals surface area (Å²) in [5.41, 5.74) is 4.87. The summed E-state index contributed by atoms with van der Waals surface area (Å²) in [6.07, 6.45) is 1.45. The van der Waals surface area contributed by atoms with Gasteiger partial charge in [0.1, 0.15) is 12.4 Å². The zero-order valence-electron chi connectivity index (χ0n) is 16.0. The van der Waals surface area contributed by atoms with Crippen LogP contribution >= 0.6 is 11.6 Å². The molecule has 6 nitrogen and oxygen atoms in total. The summed E-state index contributed by atoms with van der Waals surface area (Å²) in [6.45, 7) is 0.701. The van der Waals surface area contributed by atoms with Crippen LogP contribution in [0.1, 0.15) is 16.7 Å². The van der Waals surface area contributed by atoms with E-state index in [4.69, 9.17) is 16.3 Å². The fourth-order valence-electron chi connectivity index (χ4n) is 2.47. The minimum absolute atomic E-state index is 0.272. The van der Waals surface area contributed by atoms with E-state index in [0.717, 1.165) is 16.7 Å². The molecule has 2 N–H and O–H groups in total. The molecule has 30 heavy (non-hydrogen) atoms. The predicted octanol–water partition coefficient (Wildman–Crippen LogP) is 3.69. The van der Waals surface area contributed by atoms with Crippen LogP contribution in [-0.2, 0) is 22.7 Å². The number of benzene rings is 3. The first-order chi connectivity index (χ1) is 14.6. The van der Waals surface area contributed by atoms with Gasteiger partial charge >= 0.3 is 11.8 Å². The first-order valence-corrected chi connectivity index (χ1v) is 9.60. The van der Waals surface area contributed by atoms with Crippen LogP contribution in [-0.4, -0.2) is 18.0 Å². The van der Waals surface area contributed by atoms with Gasteiger partial charge in [0.2, 0.25) is 0 Å². The topological polar surface area (TPSA) is 79.8 Å². The number of carbonyl (C=O) groups excluding carboxylic acids is 2. The SMILES string of the molecule is O=C(NCc1ccccc1)C(=O)N/N=C\c1ccc(OCc2ccc(Cl)cc2)cc1. The van der Waals surface area contributed by atoms with Crippen LogP contribution in [0, 0.1) is 0 Å². The second-order valence-corrected chi connectivity index (χ2v) is 6.79. The molecule has 0 unspecified atom stereocenters. The minimum Gasteiger partial charge on any atom is -0.489 e. The Kier molecular flexibility index (Phi) is 7.58. The van der Waals surface area contributed by atoms with Gasteiger partial charge in [-0.15, -0.1) is 0 Å². The van der Waals surface area contributed by atoms with Gasteiger partial charge in [0.15, 0.2) is 0 Å². The van der Waals surface area contributed by atoms with E-state index < -0.39 is 11.8 Å². The van der Waals surface area contributed by atoms with Gasteiger partial charge in [-0.2, -0.15) is 5.10 Å². The van der Waals surface area contributed by atoms with Crippen molar-refractivity contribution in [2.24, 2.45) is 5.10 Å². The molecule has 7 heteroatoms. The lowest BCUT2D eigenvalue weighted by Gasteiger charge is -2.06. The Bertz CT molecular complexity index is 1000. The number of nitrogens with zero attached hydrogens (tertiary/aromatic N) is 1. The van der Waals surface area contributed by atoms with Crippen LogP contribution in [0.5, 0.6) is 5.75 Å². The van der Waals surface area contributed by atoms with Gasteiger partial charge in [-0.3, -0.25) is 9.59 Å². The van der Waals surface area contributed by atoms with E-state index in [1.807, 2.05) is 54.6 Å². The molecule has 3 rings (SSSR count). The third-order valence-electron chi connectivity index (χ3n) is 4.08. The monoisotopic (exact) mass is 421 g/mol. The zero-order valence-corrected chi connectivity index (χ0v) is 16.8. The highest BCUT2D eigenvalue weighted by Gasteiger charge is 2.11. The van der Waals surface area contributed by atoms with Crippen LogP contribution < -0.4 is 15.5 Å². The number of hydrazone groups is 1. The molecule has 0 atom stereocenters. The Morgan fingerprint density at radius 1 is 0.867 bits per heavy atom. The van der Waals surface area contributed by atoms with Crippen molar-refractivity contribution in [3.63, 3.8) is 0 Å². The lowest BCUT2D eigenvalue weighted by Crippen LogP contribution is -2.37. The Labute approximate surface area is 179 Å². The summed E-state index contributed by atoms with van der Waals surface area (Å²) in [7, 11) is 0. The number of nitrogens with one attached hydrogen (secondary N) is 2. The fraction of sp³-hybridized carbons (Fsp3) is 0.0870. The lowest BCUT2D eigenvalue weighted by atomic mass is 10.2. The zero-order chi connectivity index (χ0) is 21.2. The van der Waals surface area contributed by atoms with Gasteiger partial charge in [-0.1, -0.05) is 54.1 Å². The number of halogens is 1. The highest BCUT2D eigenvalue weighted by molar-refractivity contribution is 6.35. The van der Waals surface area contributed by atoms with E-state index in [1.54, 1.807) is 24.3 Å². The van der Waals surface area contributed by atoms with Crippen molar-refractivity contribution in [1.82, 2.24) is 10.7 Å². The Balaban J connectivity index is 1.42. The third-order valence-corrected chi connectivity index (χ3v) is 4.33. The third kappa shape index (κ3) is 6.76. The second kappa shape index (κ2) is 10.8. The van der Waals surface area contributed by atoms with Crippen LogP contribution in [0.25, 0.3) is 0 Å². The molecule has 2 amide bonds. The highest BCUT2D eigenvalue weighted by Crippen LogP contribution is 2.15. The maximum Gasteiger partial charge on any atom is 0.329 e. The molecule has 0 bridgehead atoms. The average molecular weight is 422 g/mol. The van der Waals surface area contributed by atoms with Crippen LogP contribution in [0.2, 0.25) is 5.02 Å². The molecule has 0 aliphatic rings. The maximum absolute atomic E-state index is 11.8. The molecule has 0 spiro atoms. The average Bonchev–Trinajstić information content (AvgIpc) is 2.78. The first-order valence-electron chi connectivity index (χ1n) is 9.22. The molecule has 0 heterocycles. The van der Waals surface area contributed by atoms with Crippen molar-refractivity contribution >= 4 is 29.6 Å². The predicted molar refractivity (Wildman–Crippen MR) is 116 cm³/mol. The van der Waals surface area contributed by atoms with E-state index in [1.165, 1.54) is 6.21 Å². The van der Waals surface area contributed by atoms with E-state index in [-0.39, 0.29) is 6.54 Å². The Hall–Kier alpha value is -3.64. The summed E-state index contributed by atoms with van der Waals surface area (Å²) < 4.78 is 5.71. The minimum atomic E-state index is -0.829. The van der Waals surface area contributed by atoms with Crippen molar-refractivity contribution in [1.29, 1.82) is 0 Å². The van der Waals surface area contributed by atoms with Crippen molar-refractivity contribution in [3.8, 4) is 5.75 Å². The summed E-state index contributed by atoms with van der Waals surface area (Å²) in [5.74, 6) is -0.876. The standard InChI is InChI=1S/C23H20ClN3O3/c24-20-10-6-19(7-11-20)16-30-21-12-8-18(9-13-21)15-26-27-23(29)22(28)25-14-17-4-2-1-3-5-17/h1-13,15H,14,16H2,(H,25,28)(H,27,29)/b26-15-. The molecule has 0 saturated heterocycles. The van der Waals surface area contributed by atoms with E-state index in [9.17, 15) is 9.59 Å². The van der Waals surface area contributed by atoms with E-state index in [0.29, 0.717) is 17.4 Å². The van der Waals surface area contributed by atoms with E-state index in [2.05, 4.69) is 15.8 Å². The molecule has 0 aliphatic carbocycles. The lowest BCUT2D eigenvalue weighted by molar-refractivity contribution is -0.139. The summed E-state index contributed by atoms with van der Waals surface area (Å²) >= 11 is 5.86. The smallest absolute Gasteiger partial charge is 0.329 e. The Morgan fingerprint density at radius 2 is 1.57 bits per heavy atom. The summed E-state index contributed by atoms with van der Waals surface area (Å²) in [4.78, 5) is 23.6. The maximum atomic E-state index is 11.8.